The fourth-order valence-electron chi connectivity index (χ4n) is 0.567. The average molecular weight is 214 g/mol. The number of rotatable bonds is 5. The van der Waals surface area contributed by atoms with Gasteiger partial charge in [0, 0.05) is 18.3 Å². The summed E-state index contributed by atoms with van der Waals surface area (Å²) in [7, 11) is 0. The van der Waals surface area contributed by atoms with Crippen LogP contribution in [0.3, 0.4) is 0 Å². The number of nitrogens with one attached hydrogen (secondary N) is 1. The van der Waals surface area contributed by atoms with E-state index in [1.807, 2.05) is 6.92 Å². The molecule has 1 amide bonds. The predicted molar refractivity (Wildman–Crippen MR) is 54.7 cm³/mol. The highest BCUT2D eigenvalue weighted by Crippen LogP contribution is 1.90. The number of aliphatic carboxylic acids is 1. The lowest BCUT2D eigenvalue weighted by atomic mass is 10.3. The highest BCUT2D eigenvalue weighted by Gasteiger charge is 2.00. The van der Waals surface area contributed by atoms with Crippen molar-refractivity contribution in [2.24, 2.45) is 5.16 Å². The Morgan fingerprint density at radius 2 is 2.20 bits per heavy atom. The Morgan fingerprint density at radius 3 is 2.73 bits per heavy atom. The molecule has 2 N–H and O–H groups in total. The molecule has 0 saturated carbocycles. The summed E-state index contributed by atoms with van der Waals surface area (Å²) >= 11 is 0. The van der Waals surface area contributed by atoms with Crippen molar-refractivity contribution in [3.05, 3.63) is 11.6 Å². The third-order valence-corrected chi connectivity index (χ3v) is 1.38. The van der Waals surface area contributed by atoms with Gasteiger partial charge in [-0.2, -0.15) is 0 Å². The molecule has 0 unspecified atom stereocenters. The molecule has 0 aliphatic heterocycles. The minimum absolute atomic E-state index is 0.0958. The van der Waals surface area contributed by atoms with Gasteiger partial charge < -0.3 is 10.4 Å². The third-order valence-electron chi connectivity index (χ3n) is 1.38. The van der Waals surface area contributed by atoms with Crippen LogP contribution in [0.1, 0.15) is 20.3 Å². The van der Waals surface area contributed by atoms with Crippen LogP contribution in [-0.2, 0) is 9.63 Å². The Hall–Kier alpha value is -1.85. The van der Waals surface area contributed by atoms with Crippen LogP contribution in [0.15, 0.2) is 16.8 Å². The number of oxime groups is 1. The maximum atomic E-state index is 10.8. The first-order valence-corrected chi connectivity index (χ1v) is 4.44. The molecule has 0 atom stereocenters. The summed E-state index contributed by atoms with van der Waals surface area (Å²) in [6.07, 6.45) is 2.77. The summed E-state index contributed by atoms with van der Waals surface area (Å²) in [6.45, 7) is 3.38. The Kier molecular flexibility index (Phi) is 6.61. The van der Waals surface area contributed by atoms with Gasteiger partial charge in [0.25, 0.3) is 0 Å². The van der Waals surface area contributed by atoms with Crippen molar-refractivity contribution in [1.82, 2.24) is 5.32 Å². The molecule has 0 bridgehead atoms. The summed E-state index contributed by atoms with van der Waals surface area (Å²) in [5, 5.41) is 14.1. The molecule has 15 heavy (non-hydrogen) atoms. The largest absolute Gasteiger partial charge is 0.478 e. The van der Waals surface area contributed by atoms with E-state index in [1.165, 1.54) is 19.2 Å². The van der Waals surface area contributed by atoms with Crippen LogP contribution in [-0.4, -0.2) is 29.9 Å². The summed E-state index contributed by atoms with van der Waals surface area (Å²) in [4.78, 5) is 25.6. The number of hydrogen-bond donors (Lipinski definition) is 2. The molecule has 0 rings (SSSR count). The topological polar surface area (TPSA) is 88.0 Å². The maximum absolute atomic E-state index is 10.8. The summed E-state index contributed by atoms with van der Waals surface area (Å²) in [5.41, 5.74) is 0.160. The lowest BCUT2D eigenvalue weighted by Crippen LogP contribution is -2.23. The molecule has 0 heterocycles. The van der Waals surface area contributed by atoms with Gasteiger partial charge in [-0.15, -0.1) is 0 Å². The van der Waals surface area contributed by atoms with E-state index in [0.717, 1.165) is 0 Å². The van der Waals surface area contributed by atoms with Crippen LogP contribution in [0.25, 0.3) is 0 Å². The standard InChI is InChI=1S/C9H14N2O4/c1-3-5-11-15-9(14)10-6-4-7(2)8(12)13/h4-5H,3,6H2,1-2H3,(H,10,14)(H,12,13)/b7-4+,11-5+. The first kappa shape index (κ1) is 13.2. The van der Waals surface area contributed by atoms with E-state index in [4.69, 9.17) is 5.11 Å². The van der Waals surface area contributed by atoms with Crippen molar-refractivity contribution < 1.29 is 19.5 Å². The molecule has 0 spiro atoms. The molecular formula is C9H14N2O4. The second-order valence-electron chi connectivity index (χ2n) is 2.65. The number of carbonyl (C=O) groups is 2. The molecular weight excluding hydrogens is 200 g/mol. The van der Waals surface area contributed by atoms with Crippen LogP contribution in [0.4, 0.5) is 4.79 Å². The van der Waals surface area contributed by atoms with Crippen LogP contribution >= 0.6 is 0 Å². The van der Waals surface area contributed by atoms with Crippen LogP contribution < -0.4 is 5.32 Å². The normalized spacial score (nSPS) is 11.5. The molecule has 84 valence electrons. The number of carboxylic acids is 1. The lowest BCUT2D eigenvalue weighted by Gasteiger charge is -1.98. The molecule has 0 aliphatic carbocycles. The second kappa shape index (κ2) is 7.54. The Balaban J connectivity index is 3.77. The van der Waals surface area contributed by atoms with E-state index >= 15 is 0 Å². The summed E-state index contributed by atoms with van der Waals surface area (Å²) in [6, 6.07) is 0. The van der Waals surface area contributed by atoms with Gasteiger partial charge in [-0.1, -0.05) is 18.2 Å². The first-order chi connectivity index (χ1) is 7.07. The van der Waals surface area contributed by atoms with Gasteiger partial charge >= 0.3 is 12.1 Å². The van der Waals surface area contributed by atoms with Crippen molar-refractivity contribution in [2.75, 3.05) is 6.54 Å². The summed E-state index contributed by atoms with van der Waals surface area (Å²) < 4.78 is 0. The van der Waals surface area contributed by atoms with E-state index < -0.39 is 12.1 Å². The Morgan fingerprint density at radius 1 is 1.53 bits per heavy atom. The van der Waals surface area contributed by atoms with Gasteiger partial charge in [0.15, 0.2) is 0 Å². The molecule has 6 heteroatoms. The molecule has 0 aromatic carbocycles. The number of amides is 1. The Bertz CT molecular complexity index is 284. The molecule has 0 fully saturated rings. The average Bonchev–Trinajstić information content (AvgIpc) is 2.18. The van der Waals surface area contributed by atoms with Gasteiger partial charge in [0.1, 0.15) is 0 Å². The first-order valence-electron chi connectivity index (χ1n) is 4.44. The van der Waals surface area contributed by atoms with Crippen molar-refractivity contribution in [3.63, 3.8) is 0 Å². The lowest BCUT2D eigenvalue weighted by molar-refractivity contribution is -0.132. The van der Waals surface area contributed by atoms with Gasteiger partial charge in [0.05, 0.1) is 0 Å². The van der Waals surface area contributed by atoms with Crippen molar-refractivity contribution >= 4 is 18.3 Å². The quantitative estimate of drug-likeness (QED) is 0.311. The van der Waals surface area contributed by atoms with E-state index in [0.29, 0.717) is 6.42 Å². The van der Waals surface area contributed by atoms with E-state index in [1.54, 1.807) is 0 Å². The van der Waals surface area contributed by atoms with E-state index in [2.05, 4.69) is 15.3 Å². The number of carboxylic acid groups (broad SMARTS) is 1. The van der Waals surface area contributed by atoms with Gasteiger partial charge in [-0.25, -0.2) is 9.59 Å². The molecule has 0 aliphatic rings. The molecule has 0 aromatic rings. The van der Waals surface area contributed by atoms with E-state index in [-0.39, 0.29) is 12.1 Å². The van der Waals surface area contributed by atoms with Crippen molar-refractivity contribution in [2.45, 2.75) is 20.3 Å². The van der Waals surface area contributed by atoms with Gasteiger partial charge in [-0.05, 0) is 13.3 Å². The minimum atomic E-state index is -1.02. The van der Waals surface area contributed by atoms with Crippen molar-refractivity contribution in [1.29, 1.82) is 0 Å². The number of carbonyl (C=O) groups excluding carboxylic acids is 1. The minimum Gasteiger partial charge on any atom is -0.478 e. The third kappa shape index (κ3) is 7.24. The fraction of sp³-hybridized carbons (Fsp3) is 0.444. The highest BCUT2D eigenvalue weighted by molar-refractivity contribution is 5.85. The van der Waals surface area contributed by atoms with Gasteiger partial charge in [0.2, 0.25) is 0 Å². The zero-order valence-corrected chi connectivity index (χ0v) is 8.69. The Labute approximate surface area is 87.6 Å². The summed E-state index contributed by atoms with van der Waals surface area (Å²) in [5.74, 6) is -1.02. The zero-order valence-electron chi connectivity index (χ0n) is 8.69. The van der Waals surface area contributed by atoms with Crippen LogP contribution in [0.5, 0.6) is 0 Å². The smallest absolute Gasteiger partial charge is 0.433 e. The zero-order chi connectivity index (χ0) is 11.7. The number of hydrogen-bond acceptors (Lipinski definition) is 4. The monoisotopic (exact) mass is 214 g/mol. The highest BCUT2D eigenvalue weighted by atomic mass is 16.7. The molecule has 0 radical (unpaired) electrons. The fourth-order valence-corrected chi connectivity index (χ4v) is 0.567. The molecule has 6 nitrogen and oxygen atoms in total. The van der Waals surface area contributed by atoms with Gasteiger partial charge in [-0.3, -0.25) is 4.84 Å². The second-order valence-corrected chi connectivity index (χ2v) is 2.65. The maximum Gasteiger partial charge on any atom is 0.433 e. The van der Waals surface area contributed by atoms with E-state index in [9.17, 15) is 9.59 Å². The van der Waals surface area contributed by atoms with Crippen LogP contribution in [0.2, 0.25) is 0 Å². The predicted octanol–water partition coefficient (Wildman–Crippen LogP) is 1.14. The molecule has 0 aromatic heterocycles. The van der Waals surface area contributed by atoms with Crippen LogP contribution in [0, 0.1) is 0 Å². The SMILES string of the molecule is CC/C=N/OC(=O)NC/C=C(\C)C(=O)O. The number of nitrogens with zero attached hydrogens (tertiary/aromatic N) is 1. The van der Waals surface area contributed by atoms with Crippen molar-refractivity contribution in [3.8, 4) is 0 Å². The molecule has 0 saturated heterocycles.